The predicted octanol–water partition coefficient (Wildman–Crippen LogP) is 9.18. The molecule has 0 bridgehead atoms. The standard InChI is InChI=1S/C42H65NO7/c1-6-8-10-12-14-16-18-20-22-24-26-28-30-32-40(44)49-37-38(36-48-35-34-39(42(46)47)43(3,4)5)50-41(45)33-31-29-27-25-23-21-19-17-15-13-11-9-7-2/h8-19,21,23,25,27,38-39H,6-7,20,22,24,26,28-37H2,1-5H3/p+1/b10-8+,11-9+,14-12+,15-13+,18-16+,19-17+,23-21+,27-25+. The number of carboxylic acid groups (broad SMARTS) is 1. The van der Waals surface area contributed by atoms with Gasteiger partial charge in [0.15, 0.2) is 12.1 Å². The average molecular weight is 697 g/mol. The van der Waals surface area contributed by atoms with Gasteiger partial charge in [-0.15, -0.1) is 0 Å². The molecule has 0 aromatic carbocycles. The molecule has 0 aliphatic heterocycles. The maximum Gasteiger partial charge on any atom is 0.362 e. The zero-order valence-corrected chi connectivity index (χ0v) is 31.5. The molecule has 1 N–H and O–H groups in total. The monoisotopic (exact) mass is 696 g/mol. The van der Waals surface area contributed by atoms with Gasteiger partial charge < -0.3 is 23.8 Å². The third-order valence-electron chi connectivity index (χ3n) is 7.42. The van der Waals surface area contributed by atoms with Gasteiger partial charge in [0.25, 0.3) is 0 Å². The molecular formula is C42H66NO7+. The Morgan fingerprint density at radius 1 is 0.600 bits per heavy atom. The molecule has 0 saturated heterocycles. The molecule has 0 radical (unpaired) electrons. The maximum absolute atomic E-state index is 12.6. The van der Waals surface area contributed by atoms with Crippen LogP contribution in [-0.4, -0.2) is 80.6 Å². The molecule has 2 atom stereocenters. The first kappa shape index (κ1) is 46.2. The third-order valence-corrected chi connectivity index (χ3v) is 7.42. The first-order chi connectivity index (χ1) is 24.1. The second kappa shape index (κ2) is 32.5. The van der Waals surface area contributed by atoms with Crippen LogP contribution in [0.1, 0.15) is 97.3 Å². The van der Waals surface area contributed by atoms with Crippen molar-refractivity contribution >= 4 is 17.9 Å². The zero-order valence-electron chi connectivity index (χ0n) is 31.5. The predicted molar refractivity (Wildman–Crippen MR) is 206 cm³/mol. The van der Waals surface area contributed by atoms with Gasteiger partial charge in [-0.1, -0.05) is 130 Å². The van der Waals surface area contributed by atoms with E-state index in [1.54, 1.807) is 0 Å². The molecule has 0 aliphatic rings. The SMILES string of the molecule is CC/C=C/C=C/C=C/C=C/C=C/CCCC(=O)OC(COCCC(C(=O)O)[N+](C)(C)C)COC(=O)CCCCCCC/C=C/C=C/C=C/CC. The van der Waals surface area contributed by atoms with E-state index in [9.17, 15) is 19.5 Å². The number of carboxylic acids is 1. The molecule has 2 unspecified atom stereocenters. The summed E-state index contributed by atoms with van der Waals surface area (Å²) in [7, 11) is 5.46. The number of esters is 2. The highest BCUT2D eigenvalue weighted by Crippen LogP contribution is 2.11. The molecule has 0 amide bonds. The van der Waals surface area contributed by atoms with Crippen LogP contribution in [-0.2, 0) is 28.6 Å². The van der Waals surface area contributed by atoms with E-state index in [0.717, 1.165) is 51.4 Å². The molecule has 0 aromatic heterocycles. The normalized spacial score (nSPS) is 14.2. The lowest BCUT2D eigenvalue weighted by Crippen LogP contribution is -2.50. The van der Waals surface area contributed by atoms with Crippen LogP contribution in [0.3, 0.4) is 0 Å². The molecule has 280 valence electrons. The van der Waals surface area contributed by atoms with Gasteiger partial charge in [-0.2, -0.15) is 0 Å². The fourth-order valence-electron chi connectivity index (χ4n) is 4.59. The van der Waals surface area contributed by atoms with E-state index >= 15 is 0 Å². The van der Waals surface area contributed by atoms with E-state index in [1.807, 2.05) is 88.0 Å². The van der Waals surface area contributed by atoms with Gasteiger partial charge in [0.1, 0.15) is 6.61 Å². The Kier molecular flexibility index (Phi) is 30.0. The van der Waals surface area contributed by atoms with Crippen molar-refractivity contribution in [3.8, 4) is 0 Å². The van der Waals surface area contributed by atoms with Crippen LogP contribution in [0.2, 0.25) is 0 Å². The van der Waals surface area contributed by atoms with Crippen molar-refractivity contribution in [2.75, 3.05) is 41.0 Å². The minimum Gasteiger partial charge on any atom is -0.477 e. The summed E-state index contributed by atoms with van der Waals surface area (Å²) in [5.41, 5.74) is 0. The minimum atomic E-state index is -0.896. The largest absolute Gasteiger partial charge is 0.477 e. The molecular weight excluding hydrogens is 630 g/mol. The summed E-state index contributed by atoms with van der Waals surface area (Å²) in [5.74, 6) is -1.61. The molecule has 0 heterocycles. The lowest BCUT2D eigenvalue weighted by atomic mass is 10.1. The number of hydrogen-bond acceptors (Lipinski definition) is 6. The van der Waals surface area contributed by atoms with E-state index in [4.69, 9.17) is 14.2 Å². The van der Waals surface area contributed by atoms with Crippen molar-refractivity contribution in [1.29, 1.82) is 0 Å². The molecule has 0 rings (SSSR count). The van der Waals surface area contributed by atoms with Crippen LogP contribution in [0.25, 0.3) is 0 Å². The summed E-state index contributed by atoms with van der Waals surface area (Å²) in [6, 6.07) is -0.635. The Morgan fingerprint density at radius 3 is 1.62 bits per heavy atom. The summed E-state index contributed by atoms with van der Waals surface area (Å²) >= 11 is 0. The average Bonchev–Trinajstić information content (AvgIpc) is 3.06. The Labute approximate surface area is 303 Å². The highest BCUT2D eigenvalue weighted by atomic mass is 16.6. The Bertz CT molecular complexity index is 1140. The topological polar surface area (TPSA) is 99.1 Å². The van der Waals surface area contributed by atoms with Gasteiger partial charge in [0, 0.05) is 19.3 Å². The van der Waals surface area contributed by atoms with Gasteiger partial charge in [-0.3, -0.25) is 9.59 Å². The Hall–Kier alpha value is -3.75. The lowest BCUT2D eigenvalue weighted by molar-refractivity contribution is -0.887. The van der Waals surface area contributed by atoms with Crippen molar-refractivity contribution in [2.45, 2.75) is 109 Å². The number of nitrogens with zero attached hydrogens (tertiary/aromatic N) is 1. The number of aliphatic carboxylic acids is 1. The van der Waals surface area contributed by atoms with E-state index in [-0.39, 0.29) is 42.7 Å². The molecule has 0 fully saturated rings. The molecule has 0 saturated carbocycles. The summed E-state index contributed by atoms with van der Waals surface area (Å²) in [6.45, 7) is 4.31. The highest BCUT2D eigenvalue weighted by molar-refractivity contribution is 5.72. The van der Waals surface area contributed by atoms with Crippen molar-refractivity contribution in [3.63, 3.8) is 0 Å². The molecule has 0 aliphatic carbocycles. The van der Waals surface area contributed by atoms with Crippen molar-refractivity contribution in [1.82, 2.24) is 0 Å². The van der Waals surface area contributed by atoms with Crippen LogP contribution in [0.4, 0.5) is 0 Å². The van der Waals surface area contributed by atoms with Crippen molar-refractivity contribution < 1.29 is 38.2 Å². The number of ether oxygens (including phenoxy) is 3. The summed E-state index contributed by atoms with van der Waals surface area (Å²) in [6.07, 6.45) is 41.8. The molecule has 50 heavy (non-hydrogen) atoms. The highest BCUT2D eigenvalue weighted by Gasteiger charge is 2.31. The van der Waals surface area contributed by atoms with Gasteiger partial charge in [-0.05, 0) is 44.9 Å². The fraction of sp³-hybridized carbons (Fsp3) is 0.548. The van der Waals surface area contributed by atoms with Crippen LogP contribution >= 0.6 is 0 Å². The third kappa shape index (κ3) is 30.3. The number of unbranched alkanes of at least 4 members (excludes halogenated alkanes) is 6. The fourth-order valence-corrected chi connectivity index (χ4v) is 4.59. The van der Waals surface area contributed by atoms with Gasteiger partial charge in [0.2, 0.25) is 0 Å². The molecule has 8 nitrogen and oxygen atoms in total. The van der Waals surface area contributed by atoms with E-state index in [0.29, 0.717) is 25.7 Å². The number of allylic oxidation sites excluding steroid dienone is 16. The van der Waals surface area contributed by atoms with Crippen LogP contribution in [0, 0.1) is 0 Å². The second-order valence-electron chi connectivity index (χ2n) is 12.9. The second-order valence-corrected chi connectivity index (χ2v) is 12.9. The first-order valence-electron chi connectivity index (χ1n) is 18.4. The Balaban J connectivity index is 4.63. The van der Waals surface area contributed by atoms with E-state index < -0.39 is 18.1 Å². The number of quaternary nitrogens is 1. The summed E-state index contributed by atoms with van der Waals surface area (Å²) < 4.78 is 17.1. The Morgan fingerprint density at radius 2 is 1.08 bits per heavy atom. The zero-order chi connectivity index (χ0) is 37.1. The maximum atomic E-state index is 12.6. The van der Waals surface area contributed by atoms with E-state index in [2.05, 4.69) is 44.2 Å². The van der Waals surface area contributed by atoms with Gasteiger partial charge >= 0.3 is 17.9 Å². The van der Waals surface area contributed by atoms with Crippen LogP contribution in [0.5, 0.6) is 0 Å². The smallest absolute Gasteiger partial charge is 0.362 e. The van der Waals surface area contributed by atoms with Crippen LogP contribution in [0.15, 0.2) is 97.2 Å². The van der Waals surface area contributed by atoms with E-state index in [1.165, 1.54) is 0 Å². The van der Waals surface area contributed by atoms with Crippen molar-refractivity contribution in [3.05, 3.63) is 97.2 Å². The number of carbonyl (C=O) groups excluding carboxylic acids is 2. The molecule has 0 aromatic rings. The number of likely N-dealkylation sites (N-methyl/N-ethyl adjacent to an activating group) is 1. The van der Waals surface area contributed by atoms with Crippen molar-refractivity contribution in [2.24, 2.45) is 0 Å². The molecule has 0 spiro atoms. The molecule has 8 heteroatoms. The number of carbonyl (C=O) groups is 3. The number of rotatable bonds is 30. The van der Waals surface area contributed by atoms with Gasteiger partial charge in [0.05, 0.1) is 34.4 Å². The quantitative estimate of drug-likeness (QED) is 0.0346. The summed E-state index contributed by atoms with van der Waals surface area (Å²) in [5, 5.41) is 9.57. The lowest BCUT2D eigenvalue weighted by Gasteiger charge is -2.31. The first-order valence-corrected chi connectivity index (χ1v) is 18.4. The minimum absolute atomic E-state index is 0.0183. The summed E-state index contributed by atoms with van der Waals surface area (Å²) in [4.78, 5) is 36.7. The van der Waals surface area contributed by atoms with Crippen LogP contribution < -0.4 is 0 Å². The number of hydrogen-bond donors (Lipinski definition) is 1. The van der Waals surface area contributed by atoms with Gasteiger partial charge in [-0.25, -0.2) is 4.79 Å².